The summed E-state index contributed by atoms with van der Waals surface area (Å²) in [4.78, 5) is 35.0. The van der Waals surface area contributed by atoms with Gasteiger partial charge >= 0.3 is 17.9 Å². The molecule has 14 heteroatoms. The van der Waals surface area contributed by atoms with E-state index in [1.807, 2.05) is 6.92 Å². The molecule has 0 fully saturated rings. The molecule has 0 aliphatic rings. The Hall–Kier alpha value is -4.49. The topological polar surface area (TPSA) is 146 Å². The molecule has 0 amide bonds. The number of hydrogen-bond acceptors (Lipinski definition) is 8. The van der Waals surface area contributed by atoms with Gasteiger partial charge in [0, 0.05) is 23.6 Å². The number of H-pyrrole nitrogens is 1. The van der Waals surface area contributed by atoms with E-state index >= 15 is 0 Å². The van der Waals surface area contributed by atoms with E-state index in [9.17, 15) is 22.4 Å². The molecule has 1 aromatic carbocycles. The summed E-state index contributed by atoms with van der Waals surface area (Å²) in [5.41, 5.74) is 2.77. The zero-order valence-electron chi connectivity index (χ0n) is 16.6. The summed E-state index contributed by atoms with van der Waals surface area (Å²) in [6.45, 7) is 1.84. The third-order valence-electron chi connectivity index (χ3n) is 3.91. The first-order chi connectivity index (χ1) is 15.5. The highest BCUT2D eigenvalue weighted by Crippen LogP contribution is 2.23. The van der Waals surface area contributed by atoms with E-state index in [2.05, 4.69) is 30.6 Å². The van der Waals surface area contributed by atoms with Crippen LogP contribution in [0.15, 0.2) is 52.1 Å². The van der Waals surface area contributed by atoms with Gasteiger partial charge in [-0.15, -0.1) is 0 Å². The van der Waals surface area contributed by atoms with Crippen molar-refractivity contribution in [2.45, 2.75) is 13.1 Å². The fourth-order valence-electron chi connectivity index (χ4n) is 2.39. The molecule has 4 N–H and O–H groups in total. The van der Waals surface area contributed by atoms with Crippen molar-refractivity contribution in [1.82, 2.24) is 19.9 Å². The lowest BCUT2D eigenvalue weighted by Gasteiger charge is -2.11. The number of pyridine rings is 1. The Kier molecular flexibility index (Phi) is 6.56. The fourth-order valence-corrected chi connectivity index (χ4v) is 2.39. The van der Waals surface area contributed by atoms with Gasteiger partial charge in [-0.05, 0) is 31.2 Å². The van der Waals surface area contributed by atoms with Crippen molar-refractivity contribution < 1.29 is 31.9 Å². The van der Waals surface area contributed by atoms with Crippen molar-refractivity contribution in [3.63, 3.8) is 0 Å². The number of carbonyl (C=O) groups is 1. The molecule has 0 bridgehead atoms. The van der Waals surface area contributed by atoms with Crippen LogP contribution >= 0.6 is 0 Å². The van der Waals surface area contributed by atoms with Gasteiger partial charge in [-0.25, -0.2) is 19.0 Å². The highest BCUT2D eigenvalue weighted by atomic mass is 19.4. The molecule has 0 saturated carbocycles. The molecule has 172 valence electrons. The predicted molar refractivity (Wildman–Crippen MR) is 108 cm³/mol. The van der Waals surface area contributed by atoms with Gasteiger partial charge in [-0.3, -0.25) is 9.97 Å². The van der Waals surface area contributed by atoms with Crippen LogP contribution in [-0.2, 0) is 4.79 Å². The van der Waals surface area contributed by atoms with Gasteiger partial charge in [0.1, 0.15) is 5.82 Å². The molecule has 4 aromatic rings. The van der Waals surface area contributed by atoms with Crippen molar-refractivity contribution in [3.8, 4) is 0 Å². The number of carboxylic acid groups (broad SMARTS) is 1. The van der Waals surface area contributed by atoms with Crippen LogP contribution in [0.2, 0.25) is 0 Å². The number of nitrogens with one attached hydrogen (secondary N) is 3. The Morgan fingerprint density at radius 1 is 1.18 bits per heavy atom. The van der Waals surface area contributed by atoms with E-state index in [1.165, 1.54) is 12.3 Å². The molecule has 0 aliphatic heterocycles. The van der Waals surface area contributed by atoms with Crippen LogP contribution in [-0.4, -0.2) is 37.2 Å². The summed E-state index contributed by atoms with van der Waals surface area (Å²) in [5, 5.41) is 13.1. The standard InChI is InChI=1S/C17H13FN6O2.C2HF3O2/c1-9-7-20-16(22-12-4-5-19-8-11(12)18)24-15(9)21-10-2-3-14-13(6-10)23-17(25)26-14;3-2(4,5)1(6)7/h2-8H,1H3,(H,23,25)(H2,19,20,21,22,24);(H,6,7). The number of fused-ring (bicyclic) bond motifs is 1. The van der Waals surface area contributed by atoms with Crippen molar-refractivity contribution in [3.05, 3.63) is 64.8 Å². The Labute approximate surface area is 181 Å². The third-order valence-corrected chi connectivity index (χ3v) is 3.91. The Balaban J connectivity index is 0.000000383. The highest BCUT2D eigenvalue weighted by Gasteiger charge is 2.38. The Morgan fingerprint density at radius 2 is 1.91 bits per heavy atom. The molecule has 10 nitrogen and oxygen atoms in total. The third kappa shape index (κ3) is 6.03. The number of benzene rings is 1. The van der Waals surface area contributed by atoms with Crippen LogP contribution in [0.4, 0.5) is 40.7 Å². The molecule has 0 radical (unpaired) electrons. The van der Waals surface area contributed by atoms with Crippen molar-refractivity contribution in [2.75, 3.05) is 10.6 Å². The first-order valence-corrected chi connectivity index (χ1v) is 8.93. The maximum Gasteiger partial charge on any atom is 0.490 e. The minimum Gasteiger partial charge on any atom is -0.475 e. The lowest BCUT2D eigenvalue weighted by molar-refractivity contribution is -0.192. The maximum absolute atomic E-state index is 13.7. The number of hydrogen-bond donors (Lipinski definition) is 4. The van der Waals surface area contributed by atoms with Gasteiger partial charge in [-0.1, -0.05) is 0 Å². The van der Waals surface area contributed by atoms with Crippen LogP contribution in [0.3, 0.4) is 0 Å². The van der Waals surface area contributed by atoms with E-state index in [1.54, 1.807) is 24.4 Å². The van der Waals surface area contributed by atoms with Gasteiger partial charge in [0.05, 0.1) is 17.4 Å². The van der Waals surface area contributed by atoms with E-state index in [4.69, 9.17) is 14.3 Å². The summed E-state index contributed by atoms with van der Waals surface area (Å²) in [6, 6.07) is 6.67. The van der Waals surface area contributed by atoms with Gasteiger partial charge in [0.2, 0.25) is 5.95 Å². The van der Waals surface area contributed by atoms with Crippen LogP contribution in [0, 0.1) is 12.7 Å². The minimum atomic E-state index is -5.08. The molecule has 0 aliphatic carbocycles. The van der Waals surface area contributed by atoms with Gasteiger partial charge < -0.3 is 20.2 Å². The number of alkyl halides is 3. The molecule has 0 saturated heterocycles. The number of carboxylic acids is 1. The number of nitrogens with zero attached hydrogens (tertiary/aromatic N) is 3. The number of aliphatic carboxylic acids is 1. The normalized spacial score (nSPS) is 10.9. The van der Waals surface area contributed by atoms with Crippen LogP contribution in [0.25, 0.3) is 11.1 Å². The molecular weight excluding hydrogens is 452 g/mol. The monoisotopic (exact) mass is 466 g/mol. The van der Waals surface area contributed by atoms with Gasteiger partial charge in [-0.2, -0.15) is 18.2 Å². The molecule has 3 heterocycles. The zero-order valence-corrected chi connectivity index (χ0v) is 16.6. The summed E-state index contributed by atoms with van der Waals surface area (Å²) < 4.78 is 50.4. The van der Waals surface area contributed by atoms with E-state index in [0.717, 1.165) is 11.8 Å². The lowest BCUT2D eigenvalue weighted by atomic mass is 10.2. The molecule has 0 atom stereocenters. The van der Waals surface area contributed by atoms with Crippen LogP contribution < -0.4 is 16.4 Å². The quantitative estimate of drug-likeness (QED) is 0.329. The van der Waals surface area contributed by atoms with Crippen LogP contribution in [0.1, 0.15) is 5.56 Å². The smallest absolute Gasteiger partial charge is 0.475 e. The lowest BCUT2D eigenvalue weighted by Crippen LogP contribution is -2.21. The second-order valence-electron chi connectivity index (χ2n) is 6.36. The second kappa shape index (κ2) is 9.33. The maximum atomic E-state index is 13.7. The second-order valence-corrected chi connectivity index (χ2v) is 6.36. The number of rotatable bonds is 4. The van der Waals surface area contributed by atoms with Crippen molar-refractivity contribution in [2.24, 2.45) is 0 Å². The number of halogens is 4. The number of anilines is 4. The largest absolute Gasteiger partial charge is 0.490 e. The predicted octanol–water partition coefficient (Wildman–Crippen LogP) is 3.87. The van der Waals surface area contributed by atoms with Crippen LogP contribution in [0.5, 0.6) is 0 Å². The average molecular weight is 466 g/mol. The number of aromatic amines is 1. The van der Waals surface area contributed by atoms with Crippen molar-refractivity contribution in [1.29, 1.82) is 0 Å². The fraction of sp³-hybridized carbons (Fsp3) is 0.105. The number of aryl methyl sites for hydroxylation is 1. The SMILES string of the molecule is Cc1cnc(Nc2ccncc2F)nc1Nc1ccc2oc(=O)[nH]c2c1.O=C(O)C(F)(F)F. The van der Waals surface area contributed by atoms with E-state index in [0.29, 0.717) is 22.6 Å². The highest BCUT2D eigenvalue weighted by molar-refractivity contribution is 5.78. The molecule has 33 heavy (non-hydrogen) atoms. The summed E-state index contributed by atoms with van der Waals surface area (Å²) >= 11 is 0. The molecule has 0 unspecified atom stereocenters. The summed E-state index contributed by atoms with van der Waals surface area (Å²) in [5.74, 6) is -2.99. The number of oxazole rings is 1. The molecule has 0 spiro atoms. The molecule has 3 aromatic heterocycles. The van der Waals surface area contributed by atoms with E-state index < -0.39 is 23.7 Å². The molecule has 4 rings (SSSR count). The molecular formula is C19H14F4N6O4. The van der Waals surface area contributed by atoms with Crippen molar-refractivity contribution >= 4 is 40.2 Å². The van der Waals surface area contributed by atoms with E-state index in [-0.39, 0.29) is 11.6 Å². The minimum absolute atomic E-state index is 0.229. The van der Waals surface area contributed by atoms with Gasteiger partial charge in [0.15, 0.2) is 11.4 Å². The summed E-state index contributed by atoms with van der Waals surface area (Å²) in [7, 11) is 0. The summed E-state index contributed by atoms with van der Waals surface area (Å²) in [6.07, 6.45) is -0.884. The Bertz CT molecular complexity index is 1350. The number of aromatic nitrogens is 4. The first-order valence-electron chi connectivity index (χ1n) is 8.93. The zero-order chi connectivity index (χ0) is 24.2. The Morgan fingerprint density at radius 3 is 2.58 bits per heavy atom. The van der Waals surface area contributed by atoms with Gasteiger partial charge in [0.25, 0.3) is 0 Å². The first kappa shape index (κ1) is 23.2. The average Bonchev–Trinajstić information content (AvgIpc) is 3.11.